The van der Waals surface area contributed by atoms with Crippen molar-refractivity contribution in [1.29, 1.82) is 0 Å². The van der Waals surface area contributed by atoms with Crippen molar-refractivity contribution in [2.24, 2.45) is 7.05 Å². The van der Waals surface area contributed by atoms with Crippen LogP contribution < -0.4 is 20.6 Å². The van der Waals surface area contributed by atoms with E-state index in [4.69, 9.17) is 19.4 Å². The van der Waals surface area contributed by atoms with Crippen LogP contribution in [0.3, 0.4) is 0 Å². The Bertz CT molecular complexity index is 2930. The molecule has 9 rings (SSSR count). The molecule has 17 heteroatoms. The molecule has 0 saturated carbocycles. The third kappa shape index (κ3) is 11.6. The highest BCUT2D eigenvalue weighted by Crippen LogP contribution is 2.32. The van der Waals surface area contributed by atoms with E-state index < -0.39 is 0 Å². The van der Waals surface area contributed by atoms with Crippen molar-refractivity contribution in [3.8, 4) is 34.3 Å². The molecule has 2 aromatic carbocycles. The maximum Gasteiger partial charge on any atom is 0.279 e. The van der Waals surface area contributed by atoms with Gasteiger partial charge in [-0.2, -0.15) is 10.2 Å². The van der Waals surface area contributed by atoms with Crippen molar-refractivity contribution >= 4 is 22.1 Å². The first-order valence-corrected chi connectivity index (χ1v) is 24.8. The number of pyridine rings is 1. The third-order valence-corrected chi connectivity index (χ3v) is 13.0. The Morgan fingerprint density at radius 3 is 1.86 bits per heavy atom. The van der Waals surface area contributed by atoms with Crippen molar-refractivity contribution in [2.75, 3.05) is 79.2 Å². The summed E-state index contributed by atoms with van der Waals surface area (Å²) >= 11 is 0. The summed E-state index contributed by atoms with van der Waals surface area (Å²) in [6.07, 6.45) is 5.09. The molecule has 366 valence electrons. The van der Waals surface area contributed by atoms with E-state index >= 15 is 0 Å². The molecule has 2 fully saturated rings. The van der Waals surface area contributed by atoms with Crippen LogP contribution in [0.15, 0.2) is 70.4 Å². The molecule has 7 heterocycles. The standard InChI is InChI=1S/C29H37N7O2.C23H32N6O2/c1-4-17-38-25-11-10-21(19-35-15-13-34(6-3)14-16-35)18-23(25)28-31-26-24(5-2)36(33-27(26)29(37)32-28)20-22-9-7-8-12-30-22;1-5-7-18-20-21(28(4)26-18)23(30)25-22(24-20)17-14-16(8-9-19(17)31-6-2)15-29-12-10-27(3)11-13-29/h7-12,18H,4-6,13-17,19-20H2,1-3H3,(H,31,32,37);8-9,14H,5-7,10-13,15H2,1-4H3,(H,24,25,30). The molecule has 69 heavy (non-hydrogen) atoms. The minimum absolute atomic E-state index is 0.177. The first-order chi connectivity index (χ1) is 33.6. The second-order valence-electron chi connectivity index (χ2n) is 18.1. The number of nitrogens with zero attached hydrogens (tertiary/aromatic N) is 11. The van der Waals surface area contributed by atoms with Crippen molar-refractivity contribution in [2.45, 2.75) is 79.9 Å². The van der Waals surface area contributed by atoms with Gasteiger partial charge in [-0.3, -0.25) is 33.7 Å². The van der Waals surface area contributed by atoms with Gasteiger partial charge in [0.15, 0.2) is 11.0 Å². The van der Waals surface area contributed by atoms with Crippen molar-refractivity contribution in [3.05, 3.63) is 110 Å². The molecule has 0 radical (unpaired) electrons. The van der Waals surface area contributed by atoms with E-state index in [0.717, 1.165) is 131 Å². The van der Waals surface area contributed by atoms with Crippen LogP contribution in [0.25, 0.3) is 44.8 Å². The van der Waals surface area contributed by atoms with Gasteiger partial charge in [0.25, 0.3) is 11.1 Å². The van der Waals surface area contributed by atoms with Gasteiger partial charge in [0.2, 0.25) is 0 Å². The highest BCUT2D eigenvalue weighted by atomic mass is 16.5. The zero-order chi connectivity index (χ0) is 48.4. The fourth-order valence-corrected chi connectivity index (χ4v) is 9.22. The summed E-state index contributed by atoms with van der Waals surface area (Å²) in [6, 6.07) is 18.3. The second-order valence-corrected chi connectivity index (χ2v) is 18.1. The summed E-state index contributed by atoms with van der Waals surface area (Å²) in [6.45, 7) is 23.4. The number of nitrogens with one attached hydrogen (secondary N) is 2. The number of likely N-dealkylation sites (N-methyl/N-ethyl adjacent to an activating group) is 2. The second kappa shape index (κ2) is 22.9. The lowest BCUT2D eigenvalue weighted by Gasteiger charge is -2.34. The van der Waals surface area contributed by atoms with Crippen LogP contribution in [-0.2, 0) is 39.5 Å². The van der Waals surface area contributed by atoms with Crippen LogP contribution in [0.2, 0.25) is 0 Å². The summed E-state index contributed by atoms with van der Waals surface area (Å²) in [5.41, 5.74) is 8.39. The topological polar surface area (TPSA) is 171 Å². The first-order valence-electron chi connectivity index (χ1n) is 24.8. The van der Waals surface area contributed by atoms with E-state index in [-0.39, 0.29) is 11.1 Å². The molecule has 2 aliphatic rings. The summed E-state index contributed by atoms with van der Waals surface area (Å²) < 4.78 is 15.5. The van der Waals surface area contributed by atoms with Crippen LogP contribution in [0.1, 0.15) is 75.7 Å². The smallest absolute Gasteiger partial charge is 0.279 e. The first kappa shape index (κ1) is 49.2. The van der Waals surface area contributed by atoms with Crippen molar-refractivity contribution < 1.29 is 9.47 Å². The van der Waals surface area contributed by atoms with Crippen LogP contribution in [0, 0.1) is 0 Å². The Kier molecular flexibility index (Phi) is 16.3. The quantitative estimate of drug-likeness (QED) is 0.107. The molecule has 0 amide bonds. The minimum atomic E-state index is -0.248. The average Bonchev–Trinajstić information content (AvgIpc) is 3.88. The molecule has 2 N–H and O–H groups in total. The number of hydrogen-bond acceptors (Lipinski definition) is 13. The Labute approximate surface area is 404 Å². The Balaban J connectivity index is 0.000000190. The lowest BCUT2D eigenvalue weighted by Crippen LogP contribution is -2.45. The van der Waals surface area contributed by atoms with Crippen LogP contribution in [0.5, 0.6) is 11.5 Å². The van der Waals surface area contributed by atoms with E-state index in [1.165, 1.54) is 11.1 Å². The highest BCUT2D eigenvalue weighted by molar-refractivity contribution is 5.81. The van der Waals surface area contributed by atoms with Gasteiger partial charge in [-0.1, -0.05) is 52.3 Å². The zero-order valence-corrected chi connectivity index (χ0v) is 41.6. The maximum atomic E-state index is 13.3. The fourth-order valence-electron chi connectivity index (χ4n) is 9.22. The average molecular weight is 940 g/mol. The summed E-state index contributed by atoms with van der Waals surface area (Å²) in [5, 5.41) is 9.15. The normalized spacial score (nSPS) is 15.2. The highest BCUT2D eigenvalue weighted by Gasteiger charge is 2.22. The van der Waals surface area contributed by atoms with Crippen molar-refractivity contribution in [1.82, 2.24) is 64.1 Å². The van der Waals surface area contributed by atoms with Crippen LogP contribution in [-0.4, -0.2) is 143 Å². The lowest BCUT2D eigenvalue weighted by atomic mass is 10.1. The van der Waals surface area contributed by atoms with Gasteiger partial charge in [0.05, 0.1) is 48.0 Å². The number of aromatic nitrogens is 9. The van der Waals surface area contributed by atoms with E-state index in [0.29, 0.717) is 59.9 Å². The molecular formula is C52H69N13O4. The van der Waals surface area contributed by atoms with E-state index in [1.54, 1.807) is 17.9 Å². The summed E-state index contributed by atoms with van der Waals surface area (Å²) in [5.74, 6) is 2.51. The number of piperazine rings is 2. The van der Waals surface area contributed by atoms with Gasteiger partial charge < -0.3 is 29.2 Å². The molecule has 0 aliphatic carbocycles. The summed E-state index contributed by atoms with van der Waals surface area (Å²) in [4.78, 5) is 56.1. The maximum absolute atomic E-state index is 13.3. The van der Waals surface area contributed by atoms with E-state index in [1.807, 2.05) is 41.9 Å². The molecule has 2 aliphatic heterocycles. The predicted molar refractivity (Wildman–Crippen MR) is 272 cm³/mol. The van der Waals surface area contributed by atoms with Gasteiger partial charge in [-0.05, 0) is 87.3 Å². The lowest BCUT2D eigenvalue weighted by molar-refractivity contribution is 0.132. The van der Waals surface area contributed by atoms with Gasteiger partial charge in [0, 0.05) is 78.7 Å². The molecule has 5 aromatic heterocycles. The Morgan fingerprint density at radius 2 is 1.26 bits per heavy atom. The largest absolute Gasteiger partial charge is 0.493 e. The number of aryl methyl sites for hydroxylation is 3. The molecule has 2 saturated heterocycles. The number of aromatic amines is 2. The number of fused-ring (bicyclic) bond motifs is 2. The number of benzene rings is 2. The number of rotatable bonds is 17. The molecule has 0 bridgehead atoms. The molecular weight excluding hydrogens is 871 g/mol. The van der Waals surface area contributed by atoms with E-state index in [2.05, 4.69) is 104 Å². The number of hydrogen-bond donors (Lipinski definition) is 2. The predicted octanol–water partition coefficient (Wildman–Crippen LogP) is 6.14. The van der Waals surface area contributed by atoms with Gasteiger partial charge in [-0.25, -0.2) is 9.97 Å². The Morgan fingerprint density at radius 1 is 0.638 bits per heavy atom. The van der Waals surface area contributed by atoms with Gasteiger partial charge >= 0.3 is 0 Å². The molecule has 0 spiro atoms. The minimum Gasteiger partial charge on any atom is -0.493 e. The van der Waals surface area contributed by atoms with Crippen LogP contribution in [0.4, 0.5) is 0 Å². The SMILES string of the molecule is CCCOc1ccc(CN2CCN(CC)CC2)cc1-c1nc2c(CC)n(Cc3ccccn3)nc2c(=O)[nH]1.CCCc1nn(C)c2c(=O)[nH]c(-c3cc(CN4CCN(C)CC4)ccc3OCC)nc12. The third-order valence-electron chi connectivity index (χ3n) is 13.0. The number of ether oxygens (including phenoxy) is 2. The molecule has 7 aromatic rings. The summed E-state index contributed by atoms with van der Waals surface area (Å²) in [7, 11) is 3.95. The zero-order valence-electron chi connectivity index (χ0n) is 41.6. The van der Waals surface area contributed by atoms with Gasteiger partial charge in [0.1, 0.15) is 34.2 Å². The fraction of sp³-hybridized carbons (Fsp3) is 0.481. The van der Waals surface area contributed by atoms with Crippen molar-refractivity contribution in [3.63, 3.8) is 0 Å². The van der Waals surface area contributed by atoms with E-state index in [9.17, 15) is 9.59 Å². The molecule has 0 unspecified atom stereocenters. The van der Waals surface area contributed by atoms with Crippen LogP contribution >= 0.6 is 0 Å². The van der Waals surface area contributed by atoms with Gasteiger partial charge in [-0.15, -0.1) is 0 Å². The monoisotopic (exact) mass is 940 g/mol. The number of H-pyrrole nitrogens is 2. The molecule has 0 atom stereocenters. The molecule has 17 nitrogen and oxygen atoms in total. The Hall–Kier alpha value is -6.27.